The van der Waals surface area contributed by atoms with E-state index in [4.69, 9.17) is 4.52 Å². The first-order chi connectivity index (χ1) is 4.47. The van der Waals surface area contributed by atoms with E-state index in [0.29, 0.717) is 0 Å². The van der Waals surface area contributed by atoms with Crippen molar-refractivity contribution in [1.82, 2.24) is 5.16 Å². The van der Waals surface area contributed by atoms with E-state index < -0.39 is 0 Å². The second-order valence-corrected chi connectivity index (χ2v) is 2.42. The van der Waals surface area contributed by atoms with Crippen LogP contribution in [0.4, 0.5) is 0 Å². The fourth-order valence-electron chi connectivity index (χ4n) is 1.23. The number of aryl methyl sites for hydroxylation is 2. The molecule has 0 unspecified atom stereocenters. The van der Waals surface area contributed by atoms with Crippen LogP contribution in [-0.4, -0.2) is 5.16 Å². The molecule has 1 aliphatic rings. The topological polar surface area (TPSA) is 26.0 Å². The van der Waals surface area contributed by atoms with Gasteiger partial charge in [0.1, 0.15) is 0 Å². The van der Waals surface area contributed by atoms with Crippen LogP contribution in [0.1, 0.15) is 24.1 Å². The standard InChI is InChI=1S/C7H8NO/c1-2-4-7-6(3-1)5-9-8-7/h1-4H2. The number of hydrogen-bond acceptors (Lipinski definition) is 2. The van der Waals surface area contributed by atoms with Gasteiger partial charge >= 0.3 is 0 Å². The second kappa shape index (κ2) is 1.87. The number of nitrogens with zero attached hydrogens (tertiary/aromatic N) is 1. The Bertz CT molecular complexity index is 184. The Morgan fingerprint density at radius 3 is 3.11 bits per heavy atom. The molecule has 9 heavy (non-hydrogen) atoms. The third-order valence-electron chi connectivity index (χ3n) is 1.76. The molecule has 1 aromatic rings. The summed E-state index contributed by atoms with van der Waals surface area (Å²) in [6.07, 6.45) is 7.49. The van der Waals surface area contributed by atoms with Crippen LogP contribution in [0.2, 0.25) is 0 Å². The molecule has 0 saturated carbocycles. The molecule has 2 rings (SSSR count). The van der Waals surface area contributed by atoms with Crippen molar-refractivity contribution >= 4 is 0 Å². The molecule has 0 fully saturated rings. The van der Waals surface area contributed by atoms with Gasteiger partial charge < -0.3 is 4.52 Å². The minimum atomic E-state index is 1.09. The van der Waals surface area contributed by atoms with E-state index in [0.717, 1.165) is 18.5 Å². The molecule has 1 radical (unpaired) electrons. The maximum absolute atomic E-state index is 4.69. The Labute approximate surface area is 53.9 Å². The molecule has 1 heterocycles. The highest BCUT2D eigenvalue weighted by atomic mass is 16.5. The summed E-state index contributed by atoms with van der Waals surface area (Å²) in [5, 5.41) is 3.83. The Balaban J connectivity index is 2.39. The van der Waals surface area contributed by atoms with Crippen molar-refractivity contribution in [3.05, 3.63) is 17.5 Å². The molecule has 0 spiro atoms. The van der Waals surface area contributed by atoms with E-state index in [1.165, 1.54) is 18.4 Å². The quantitative estimate of drug-likeness (QED) is 0.519. The Kier molecular flexibility index (Phi) is 1.04. The molecular weight excluding hydrogens is 114 g/mol. The van der Waals surface area contributed by atoms with Crippen molar-refractivity contribution in [1.29, 1.82) is 0 Å². The summed E-state index contributed by atoms with van der Waals surface area (Å²) >= 11 is 0. The third-order valence-corrected chi connectivity index (χ3v) is 1.76. The largest absolute Gasteiger partial charge is 0.352 e. The first-order valence-electron chi connectivity index (χ1n) is 3.32. The van der Waals surface area contributed by atoms with Crippen molar-refractivity contribution in [3.8, 4) is 0 Å². The van der Waals surface area contributed by atoms with Gasteiger partial charge in [-0.25, -0.2) is 0 Å². The van der Waals surface area contributed by atoms with Gasteiger partial charge in [-0.05, 0) is 25.7 Å². The normalized spacial score (nSPS) is 17.3. The van der Waals surface area contributed by atoms with Gasteiger partial charge in [-0.15, -0.1) is 0 Å². The Morgan fingerprint density at radius 1 is 1.33 bits per heavy atom. The van der Waals surface area contributed by atoms with Gasteiger partial charge in [-0.3, -0.25) is 0 Å². The maximum Gasteiger partial charge on any atom is 0.208 e. The van der Waals surface area contributed by atoms with E-state index in [9.17, 15) is 0 Å². The first-order valence-corrected chi connectivity index (χ1v) is 3.32. The van der Waals surface area contributed by atoms with Crippen LogP contribution in [0, 0.1) is 6.26 Å². The van der Waals surface area contributed by atoms with Gasteiger partial charge in [0.05, 0.1) is 5.69 Å². The second-order valence-electron chi connectivity index (χ2n) is 2.42. The number of rotatable bonds is 0. The molecule has 0 saturated heterocycles. The molecule has 0 bridgehead atoms. The van der Waals surface area contributed by atoms with Crippen LogP contribution >= 0.6 is 0 Å². The minimum Gasteiger partial charge on any atom is -0.352 e. The molecule has 47 valence electrons. The van der Waals surface area contributed by atoms with Crippen molar-refractivity contribution in [2.24, 2.45) is 0 Å². The van der Waals surface area contributed by atoms with Crippen LogP contribution in [0.5, 0.6) is 0 Å². The smallest absolute Gasteiger partial charge is 0.208 e. The van der Waals surface area contributed by atoms with Gasteiger partial charge in [0.25, 0.3) is 0 Å². The molecule has 1 aromatic heterocycles. The molecule has 1 aliphatic carbocycles. The van der Waals surface area contributed by atoms with Crippen molar-refractivity contribution in [3.63, 3.8) is 0 Å². The van der Waals surface area contributed by atoms with E-state index in [1.54, 1.807) is 0 Å². The van der Waals surface area contributed by atoms with Crippen LogP contribution in [0.3, 0.4) is 0 Å². The maximum atomic E-state index is 4.69. The van der Waals surface area contributed by atoms with Crippen LogP contribution in [0.15, 0.2) is 4.52 Å². The summed E-state index contributed by atoms with van der Waals surface area (Å²) in [7, 11) is 0. The van der Waals surface area contributed by atoms with Gasteiger partial charge in [-0.1, -0.05) is 5.16 Å². The Morgan fingerprint density at radius 2 is 2.22 bits per heavy atom. The van der Waals surface area contributed by atoms with Gasteiger partial charge in [0.15, 0.2) is 0 Å². The predicted octanol–water partition coefficient (Wildman–Crippen LogP) is 1.35. The van der Waals surface area contributed by atoms with E-state index in [-0.39, 0.29) is 0 Å². The predicted molar refractivity (Wildman–Crippen MR) is 32.0 cm³/mol. The summed E-state index contributed by atoms with van der Waals surface area (Å²) in [5.41, 5.74) is 2.32. The van der Waals surface area contributed by atoms with Crippen LogP contribution in [0.25, 0.3) is 0 Å². The van der Waals surface area contributed by atoms with Gasteiger partial charge in [0.2, 0.25) is 6.26 Å². The zero-order valence-corrected chi connectivity index (χ0v) is 5.18. The van der Waals surface area contributed by atoms with Gasteiger partial charge in [0, 0.05) is 5.56 Å². The number of aromatic nitrogens is 1. The fraction of sp³-hybridized carbons (Fsp3) is 0.571. The highest BCUT2D eigenvalue weighted by Crippen LogP contribution is 2.17. The SMILES string of the molecule is [c]1onc2c1CCCC2. The van der Waals surface area contributed by atoms with Crippen molar-refractivity contribution < 1.29 is 4.52 Å². The van der Waals surface area contributed by atoms with Gasteiger partial charge in [-0.2, -0.15) is 0 Å². The average molecular weight is 122 g/mol. The molecule has 2 heteroatoms. The van der Waals surface area contributed by atoms with E-state index in [2.05, 4.69) is 11.4 Å². The lowest BCUT2D eigenvalue weighted by Gasteiger charge is -2.05. The lowest BCUT2D eigenvalue weighted by Crippen LogP contribution is -1.99. The monoisotopic (exact) mass is 122 g/mol. The summed E-state index contributed by atoms with van der Waals surface area (Å²) in [5.74, 6) is 0. The zero-order chi connectivity index (χ0) is 6.10. The lowest BCUT2D eigenvalue weighted by molar-refractivity contribution is 0.405. The molecular formula is C7H8NO. The molecule has 0 atom stereocenters. The summed E-state index contributed by atoms with van der Waals surface area (Å²) < 4.78 is 4.69. The molecule has 0 amide bonds. The Hall–Kier alpha value is -0.790. The van der Waals surface area contributed by atoms with E-state index >= 15 is 0 Å². The van der Waals surface area contributed by atoms with Crippen LogP contribution < -0.4 is 0 Å². The third kappa shape index (κ3) is 0.745. The zero-order valence-electron chi connectivity index (χ0n) is 5.18. The summed E-state index contributed by atoms with van der Waals surface area (Å²) in [4.78, 5) is 0. The number of fused-ring (bicyclic) bond motifs is 1. The van der Waals surface area contributed by atoms with Crippen molar-refractivity contribution in [2.75, 3.05) is 0 Å². The summed E-state index contributed by atoms with van der Waals surface area (Å²) in [6.45, 7) is 0. The van der Waals surface area contributed by atoms with Crippen molar-refractivity contribution in [2.45, 2.75) is 25.7 Å². The summed E-state index contributed by atoms with van der Waals surface area (Å²) in [6, 6.07) is 0. The fourth-order valence-corrected chi connectivity index (χ4v) is 1.23. The first kappa shape index (κ1) is 5.03. The number of hydrogen-bond donors (Lipinski definition) is 0. The average Bonchev–Trinajstić information content (AvgIpc) is 2.33. The molecule has 2 nitrogen and oxygen atoms in total. The highest BCUT2D eigenvalue weighted by Gasteiger charge is 2.12. The van der Waals surface area contributed by atoms with Crippen LogP contribution in [-0.2, 0) is 12.8 Å². The molecule has 0 N–H and O–H groups in total. The molecule has 0 aromatic carbocycles. The minimum absolute atomic E-state index is 1.09. The lowest BCUT2D eigenvalue weighted by atomic mass is 9.99. The van der Waals surface area contributed by atoms with E-state index in [1.807, 2.05) is 0 Å². The molecule has 0 aliphatic heterocycles. The highest BCUT2D eigenvalue weighted by molar-refractivity contribution is 5.15.